The van der Waals surface area contributed by atoms with Crippen LogP contribution in [0.2, 0.25) is 0 Å². The van der Waals surface area contributed by atoms with Crippen molar-refractivity contribution in [1.29, 1.82) is 0 Å². The van der Waals surface area contributed by atoms with E-state index in [9.17, 15) is 14.7 Å². The Kier molecular flexibility index (Phi) is 3.62. The van der Waals surface area contributed by atoms with Gasteiger partial charge in [0.1, 0.15) is 5.69 Å². The van der Waals surface area contributed by atoms with Gasteiger partial charge in [0.05, 0.1) is 13.2 Å². The largest absolute Gasteiger partial charge is 0.480 e. The minimum Gasteiger partial charge on any atom is -0.480 e. The maximum Gasteiger partial charge on any atom is 0.328 e. The maximum absolute atomic E-state index is 12.7. The number of nitrogens with zero attached hydrogens (tertiary/aromatic N) is 1. The molecule has 0 radical (unpaired) electrons. The van der Waals surface area contributed by atoms with Crippen LogP contribution in [0, 0.1) is 13.8 Å². The van der Waals surface area contributed by atoms with Gasteiger partial charge in [-0.2, -0.15) is 0 Å². The summed E-state index contributed by atoms with van der Waals surface area (Å²) in [7, 11) is 0. The van der Waals surface area contributed by atoms with Gasteiger partial charge in [-0.1, -0.05) is 6.07 Å². The predicted molar refractivity (Wildman–Crippen MR) is 81.1 cm³/mol. The first-order valence-corrected chi connectivity index (χ1v) is 7.19. The van der Waals surface area contributed by atoms with E-state index in [0.717, 1.165) is 22.0 Å². The minimum atomic E-state index is -1.05. The lowest BCUT2D eigenvalue weighted by Gasteiger charge is -2.32. The molecular formula is C16H18N2O4. The van der Waals surface area contributed by atoms with E-state index in [0.29, 0.717) is 12.3 Å². The van der Waals surface area contributed by atoms with Crippen LogP contribution in [0.25, 0.3) is 10.9 Å². The van der Waals surface area contributed by atoms with E-state index in [1.165, 1.54) is 4.90 Å². The molecule has 1 aromatic heterocycles. The third kappa shape index (κ3) is 2.46. The van der Waals surface area contributed by atoms with Crippen LogP contribution in [0.3, 0.4) is 0 Å². The van der Waals surface area contributed by atoms with Crippen LogP contribution in [0.4, 0.5) is 0 Å². The number of benzene rings is 1. The molecule has 0 spiro atoms. The molecular weight excluding hydrogens is 284 g/mol. The minimum absolute atomic E-state index is 0.0272. The number of aromatic nitrogens is 1. The van der Waals surface area contributed by atoms with Gasteiger partial charge in [-0.25, -0.2) is 4.79 Å². The number of amides is 1. The third-order valence-electron chi connectivity index (χ3n) is 3.99. The summed E-state index contributed by atoms with van der Waals surface area (Å²) in [5.41, 5.74) is 3.50. The van der Waals surface area contributed by atoms with Crippen molar-refractivity contribution in [3.05, 3.63) is 35.0 Å². The molecule has 116 valence electrons. The van der Waals surface area contributed by atoms with Crippen molar-refractivity contribution in [2.75, 3.05) is 19.8 Å². The normalized spacial score (nSPS) is 18.6. The van der Waals surface area contributed by atoms with Crippen molar-refractivity contribution >= 4 is 22.8 Å². The molecule has 6 nitrogen and oxygen atoms in total. The molecule has 1 saturated heterocycles. The summed E-state index contributed by atoms with van der Waals surface area (Å²) in [5, 5.41) is 10.2. The fraction of sp³-hybridized carbons (Fsp3) is 0.375. The number of carbonyl (C=O) groups excluding carboxylic acids is 1. The van der Waals surface area contributed by atoms with E-state index in [1.807, 2.05) is 19.9 Å². The molecule has 2 aromatic rings. The van der Waals surface area contributed by atoms with Crippen molar-refractivity contribution in [2.45, 2.75) is 19.9 Å². The monoisotopic (exact) mass is 302 g/mol. The fourth-order valence-electron chi connectivity index (χ4n) is 2.92. The molecule has 1 aliphatic heterocycles. The lowest BCUT2D eigenvalue weighted by atomic mass is 10.1. The molecule has 1 amide bonds. The molecule has 1 atom stereocenters. The number of aromatic amines is 1. The number of carboxylic acid groups (broad SMARTS) is 1. The number of H-pyrrole nitrogens is 1. The van der Waals surface area contributed by atoms with Gasteiger partial charge >= 0.3 is 5.97 Å². The second-order valence-corrected chi connectivity index (χ2v) is 5.65. The average Bonchev–Trinajstić information content (AvgIpc) is 2.90. The molecule has 1 fully saturated rings. The second-order valence-electron chi connectivity index (χ2n) is 5.65. The lowest BCUT2D eigenvalue weighted by Crippen LogP contribution is -2.52. The van der Waals surface area contributed by atoms with Gasteiger partial charge in [0.25, 0.3) is 5.91 Å². The molecule has 1 aliphatic rings. The SMILES string of the molecule is Cc1cc(C)c2cc(C(=O)N3CCOCC3C(=O)O)[nH]c2c1. The highest BCUT2D eigenvalue weighted by Crippen LogP contribution is 2.23. The summed E-state index contributed by atoms with van der Waals surface area (Å²) in [5.74, 6) is -1.35. The smallest absolute Gasteiger partial charge is 0.328 e. The number of aryl methyl sites for hydroxylation is 2. The van der Waals surface area contributed by atoms with Crippen molar-refractivity contribution < 1.29 is 19.4 Å². The number of carbonyl (C=O) groups is 2. The van der Waals surface area contributed by atoms with Gasteiger partial charge in [-0.05, 0) is 37.1 Å². The van der Waals surface area contributed by atoms with Crippen molar-refractivity contribution in [1.82, 2.24) is 9.88 Å². The number of hydrogen-bond acceptors (Lipinski definition) is 3. The van der Waals surface area contributed by atoms with Gasteiger partial charge in [0, 0.05) is 17.4 Å². The molecule has 0 saturated carbocycles. The number of carboxylic acids is 1. The van der Waals surface area contributed by atoms with Crippen LogP contribution in [-0.2, 0) is 9.53 Å². The summed E-state index contributed by atoms with van der Waals surface area (Å²) in [6, 6.07) is 4.89. The summed E-state index contributed by atoms with van der Waals surface area (Å²) >= 11 is 0. The quantitative estimate of drug-likeness (QED) is 0.884. The van der Waals surface area contributed by atoms with Crippen molar-refractivity contribution in [3.8, 4) is 0 Å². The number of fused-ring (bicyclic) bond motifs is 1. The zero-order valence-corrected chi connectivity index (χ0v) is 12.5. The molecule has 2 N–H and O–H groups in total. The number of rotatable bonds is 2. The summed E-state index contributed by atoms with van der Waals surface area (Å²) in [6.45, 7) is 4.65. The predicted octanol–water partition coefficient (Wildman–Crippen LogP) is 1.71. The van der Waals surface area contributed by atoms with E-state index in [4.69, 9.17) is 4.74 Å². The van der Waals surface area contributed by atoms with Crippen LogP contribution in [0.5, 0.6) is 0 Å². The Morgan fingerprint density at radius 1 is 1.32 bits per heavy atom. The topological polar surface area (TPSA) is 82.6 Å². The van der Waals surface area contributed by atoms with Crippen LogP contribution < -0.4 is 0 Å². The van der Waals surface area contributed by atoms with E-state index in [1.54, 1.807) is 6.07 Å². The van der Waals surface area contributed by atoms with Crippen molar-refractivity contribution in [3.63, 3.8) is 0 Å². The second kappa shape index (κ2) is 5.46. The summed E-state index contributed by atoms with van der Waals surface area (Å²) in [4.78, 5) is 28.4. The van der Waals surface area contributed by atoms with E-state index in [2.05, 4.69) is 11.1 Å². The Hall–Kier alpha value is -2.34. The van der Waals surface area contributed by atoms with Crippen LogP contribution in [0.15, 0.2) is 18.2 Å². The van der Waals surface area contributed by atoms with Crippen LogP contribution in [-0.4, -0.2) is 52.7 Å². The molecule has 1 aromatic carbocycles. The highest BCUT2D eigenvalue weighted by Gasteiger charge is 2.33. The Labute approximate surface area is 127 Å². The number of morpholine rings is 1. The number of hydrogen-bond donors (Lipinski definition) is 2. The van der Waals surface area contributed by atoms with E-state index >= 15 is 0 Å². The van der Waals surface area contributed by atoms with Gasteiger partial charge in [0.2, 0.25) is 0 Å². The summed E-state index contributed by atoms with van der Waals surface area (Å²) in [6.07, 6.45) is 0. The summed E-state index contributed by atoms with van der Waals surface area (Å²) < 4.78 is 5.17. The van der Waals surface area contributed by atoms with Gasteiger partial charge in [-0.3, -0.25) is 4.79 Å². The molecule has 22 heavy (non-hydrogen) atoms. The van der Waals surface area contributed by atoms with Crippen LogP contribution in [0.1, 0.15) is 21.6 Å². The average molecular weight is 302 g/mol. The van der Waals surface area contributed by atoms with E-state index in [-0.39, 0.29) is 19.1 Å². The van der Waals surface area contributed by atoms with E-state index < -0.39 is 12.0 Å². The highest BCUT2D eigenvalue weighted by molar-refractivity contribution is 6.00. The molecule has 0 aliphatic carbocycles. The Balaban J connectivity index is 1.97. The third-order valence-corrected chi connectivity index (χ3v) is 3.99. The van der Waals surface area contributed by atoms with Gasteiger partial charge in [0.15, 0.2) is 6.04 Å². The van der Waals surface area contributed by atoms with Gasteiger partial charge < -0.3 is 19.7 Å². The molecule has 3 rings (SSSR count). The maximum atomic E-state index is 12.7. The van der Waals surface area contributed by atoms with Crippen LogP contribution >= 0.6 is 0 Å². The zero-order valence-electron chi connectivity index (χ0n) is 12.5. The Morgan fingerprint density at radius 3 is 2.82 bits per heavy atom. The fourth-order valence-corrected chi connectivity index (χ4v) is 2.92. The first-order chi connectivity index (χ1) is 10.5. The number of aliphatic carboxylic acids is 1. The molecule has 6 heteroatoms. The Bertz CT molecular complexity index is 750. The first kappa shape index (κ1) is 14.6. The lowest BCUT2D eigenvalue weighted by molar-refractivity contribution is -0.147. The molecule has 2 heterocycles. The standard InChI is InChI=1S/C16H18N2O4/c1-9-5-10(2)11-7-13(17-12(11)6-9)15(19)18-3-4-22-8-14(18)16(20)21/h5-7,14,17H,3-4,8H2,1-2H3,(H,20,21). The number of nitrogens with one attached hydrogen (secondary N) is 1. The zero-order chi connectivity index (χ0) is 15.9. The Morgan fingerprint density at radius 2 is 2.09 bits per heavy atom. The van der Waals surface area contributed by atoms with Gasteiger partial charge in [-0.15, -0.1) is 0 Å². The van der Waals surface area contributed by atoms with Crippen molar-refractivity contribution in [2.24, 2.45) is 0 Å². The number of ether oxygens (including phenoxy) is 1. The highest BCUT2D eigenvalue weighted by atomic mass is 16.5. The first-order valence-electron chi connectivity index (χ1n) is 7.19. The molecule has 1 unspecified atom stereocenters. The molecule has 0 bridgehead atoms.